The van der Waals surface area contributed by atoms with Gasteiger partial charge in [0, 0.05) is 6.04 Å². The molecule has 0 aliphatic carbocycles. The van der Waals surface area contributed by atoms with E-state index in [-0.39, 0.29) is 6.04 Å². The molecule has 72 valence electrons. The molecule has 1 unspecified atom stereocenters. The smallest absolute Gasteiger partial charge is 0.119 e. The lowest BCUT2D eigenvalue weighted by molar-refractivity contribution is 0.464. The van der Waals surface area contributed by atoms with E-state index in [4.69, 9.17) is 5.73 Å². The van der Waals surface area contributed by atoms with Gasteiger partial charge in [0.2, 0.25) is 0 Å². The fraction of sp³-hybridized carbons (Fsp3) is 0.455. The van der Waals surface area contributed by atoms with Gasteiger partial charge in [-0.2, -0.15) is 0 Å². The molecule has 0 aliphatic heterocycles. The minimum Gasteiger partial charge on any atom is -0.508 e. The van der Waals surface area contributed by atoms with Crippen molar-refractivity contribution in [1.82, 2.24) is 0 Å². The molecule has 0 bridgehead atoms. The van der Waals surface area contributed by atoms with Gasteiger partial charge in [0.1, 0.15) is 5.75 Å². The van der Waals surface area contributed by atoms with Crippen LogP contribution in [0, 0.1) is 13.8 Å². The first-order valence-electron chi connectivity index (χ1n) is 4.56. The lowest BCUT2D eigenvalue weighted by Crippen LogP contribution is -2.18. The van der Waals surface area contributed by atoms with Crippen molar-refractivity contribution < 1.29 is 5.11 Å². The van der Waals surface area contributed by atoms with Gasteiger partial charge in [-0.3, -0.25) is 0 Å². The Bertz CT molecular complexity index is 305. The quantitative estimate of drug-likeness (QED) is 0.728. The molecule has 0 fully saturated rings. The molecule has 1 atom stereocenters. The maximum Gasteiger partial charge on any atom is 0.119 e. The molecule has 0 heterocycles. The maximum atomic E-state index is 9.61. The van der Waals surface area contributed by atoms with Crippen molar-refractivity contribution in [2.24, 2.45) is 5.73 Å². The van der Waals surface area contributed by atoms with Gasteiger partial charge in [-0.15, -0.1) is 0 Å². The molecule has 0 spiro atoms. The summed E-state index contributed by atoms with van der Waals surface area (Å²) < 4.78 is 0. The van der Waals surface area contributed by atoms with Crippen molar-refractivity contribution in [3.05, 3.63) is 28.8 Å². The number of phenols is 1. The Morgan fingerprint density at radius 3 is 2.54 bits per heavy atom. The Kier molecular flexibility index (Phi) is 2.94. The van der Waals surface area contributed by atoms with E-state index >= 15 is 0 Å². The highest BCUT2D eigenvalue weighted by molar-refractivity contribution is 5.43. The van der Waals surface area contributed by atoms with Gasteiger partial charge in [0.25, 0.3) is 0 Å². The number of hydrogen-bond acceptors (Lipinski definition) is 2. The molecule has 0 amide bonds. The predicted octanol–water partition coefficient (Wildman–Crippen LogP) is 1.90. The Morgan fingerprint density at radius 1 is 1.38 bits per heavy atom. The summed E-state index contributed by atoms with van der Waals surface area (Å²) in [7, 11) is 0. The first kappa shape index (κ1) is 10.1. The molecule has 0 saturated carbocycles. The van der Waals surface area contributed by atoms with Crippen molar-refractivity contribution in [2.75, 3.05) is 0 Å². The third-order valence-electron chi connectivity index (χ3n) is 2.37. The van der Waals surface area contributed by atoms with Crippen LogP contribution in [0.15, 0.2) is 12.1 Å². The van der Waals surface area contributed by atoms with Crippen molar-refractivity contribution in [2.45, 2.75) is 33.2 Å². The van der Waals surface area contributed by atoms with Gasteiger partial charge in [0.05, 0.1) is 0 Å². The summed E-state index contributed by atoms with van der Waals surface area (Å²) in [6.07, 6.45) is 0.735. The van der Waals surface area contributed by atoms with Crippen LogP contribution in [-0.4, -0.2) is 11.1 Å². The van der Waals surface area contributed by atoms with Gasteiger partial charge in [-0.05, 0) is 49.9 Å². The highest BCUT2D eigenvalue weighted by atomic mass is 16.3. The van der Waals surface area contributed by atoms with Crippen LogP contribution in [0.2, 0.25) is 0 Å². The van der Waals surface area contributed by atoms with Gasteiger partial charge in [-0.1, -0.05) is 6.07 Å². The molecule has 13 heavy (non-hydrogen) atoms. The normalized spacial score (nSPS) is 12.9. The molecule has 0 radical (unpaired) electrons. The van der Waals surface area contributed by atoms with Crippen LogP contribution in [0.1, 0.15) is 23.6 Å². The summed E-state index contributed by atoms with van der Waals surface area (Å²) in [5, 5.41) is 9.61. The number of hydrogen-bond donors (Lipinski definition) is 2. The Hall–Kier alpha value is -1.02. The Labute approximate surface area is 79.4 Å². The molecule has 3 N–H and O–H groups in total. The van der Waals surface area contributed by atoms with E-state index in [1.807, 2.05) is 26.8 Å². The van der Waals surface area contributed by atoms with Gasteiger partial charge < -0.3 is 10.8 Å². The van der Waals surface area contributed by atoms with E-state index in [1.165, 1.54) is 5.56 Å². The van der Waals surface area contributed by atoms with Crippen LogP contribution < -0.4 is 5.73 Å². The largest absolute Gasteiger partial charge is 0.508 e. The number of nitrogens with two attached hydrogens (primary N) is 1. The zero-order chi connectivity index (χ0) is 10.0. The summed E-state index contributed by atoms with van der Waals surface area (Å²) in [4.78, 5) is 0. The molecule has 0 aromatic heterocycles. The third kappa shape index (κ3) is 2.22. The van der Waals surface area contributed by atoms with Gasteiger partial charge in [-0.25, -0.2) is 0 Å². The van der Waals surface area contributed by atoms with Crippen LogP contribution in [0.4, 0.5) is 0 Å². The summed E-state index contributed by atoms with van der Waals surface area (Å²) in [6, 6.07) is 3.75. The zero-order valence-electron chi connectivity index (χ0n) is 8.46. The number of aryl methyl sites for hydroxylation is 1. The second kappa shape index (κ2) is 3.79. The molecular formula is C11H17NO. The first-order chi connectivity index (χ1) is 6.02. The average Bonchev–Trinajstić information content (AvgIpc) is 2.05. The fourth-order valence-electron chi connectivity index (χ4n) is 1.44. The van der Waals surface area contributed by atoms with Crippen LogP contribution in [0.5, 0.6) is 5.75 Å². The second-order valence-electron chi connectivity index (χ2n) is 3.69. The van der Waals surface area contributed by atoms with Crippen LogP contribution in [-0.2, 0) is 6.42 Å². The van der Waals surface area contributed by atoms with E-state index in [0.717, 1.165) is 17.5 Å². The molecule has 2 heteroatoms. The number of benzene rings is 1. The van der Waals surface area contributed by atoms with Crippen molar-refractivity contribution in [1.29, 1.82) is 0 Å². The van der Waals surface area contributed by atoms with Crippen molar-refractivity contribution >= 4 is 0 Å². The Morgan fingerprint density at radius 2 is 2.00 bits per heavy atom. The minimum absolute atomic E-state index is 0.0893. The topological polar surface area (TPSA) is 46.2 Å². The zero-order valence-corrected chi connectivity index (χ0v) is 8.46. The molecule has 1 rings (SSSR count). The summed E-state index contributed by atoms with van der Waals surface area (Å²) in [5.41, 5.74) is 9.04. The van der Waals surface area contributed by atoms with Crippen LogP contribution >= 0.6 is 0 Å². The van der Waals surface area contributed by atoms with E-state index in [9.17, 15) is 5.11 Å². The van der Waals surface area contributed by atoms with E-state index in [0.29, 0.717) is 5.75 Å². The summed E-state index contributed by atoms with van der Waals surface area (Å²) >= 11 is 0. The second-order valence-corrected chi connectivity index (χ2v) is 3.69. The van der Waals surface area contributed by atoms with Crippen LogP contribution in [0.3, 0.4) is 0 Å². The minimum atomic E-state index is 0.0893. The van der Waals surface area contributed by atoms with Crippen molar-refractivity contribution in [3.8, 4) is 5.75 Å². The highest BCUT2D eigenvalue weighted by Crippen LogP contribution is 2.24. The van der Waals surface area contributed by atoms with E-state index < -0.39 is 0 Å². The average molecular weight is 179 g/mol. The number of aromatic hydroxyl groups is 1. The van der Waals surface area contributed by atoms with E-state index in [2.05, 4.69) is 0 Å². The summed E-state index contributed by atoms with van der Waals surface area (Å²) in [5.74, 6) is 0.361. The molecule has 2 nitrogen and oxygen atoms in total. The predicted molar refractivity (Wildman–Crippen MR) is 54.9 cm³/mol. The highest BCUT2D eigenvalue weighted by Gasteiger charge is 2.08. The maximum absolute atomic E-state index is 9.61. The molecule has 0 aliphatic rings. The lowest BCUT2D eigenvalue weighted by atomic mass is 9.97. The SMILES string of the molecule is Cc1ccc(O)c(CC(C)N)c1C. The molecule has 0 saturated heterocycles. The summed E-state index contributed by atoms with van der Waals surface area (Å²) in [6.45, 7) is 6.01. The number of phenolic OH excluding ortho intramolecular Hbond substituents is 1. The van der Waals surface area contributed by atoms with Gasteiger partial charge >= 0.3 is 0 Å². The fourth-order valence-corrected chi connectivity index (χ4v) is 1.44. The molecule has 1 aromatic rings. The first-order valence-corrected chi connectivity index (χ1v) is 4.56. The van der Waals surface area contributed by atoms with Crippen LogP contribution in [0.25, 0.3) is 0 Å². The van der Waals surface area contributed by atoms with Gasteiger partial charge in [0.15, 0.2) is 0 Å². The van der Waals surface area contributed by atoms with E-state index in [1.54, 1.807) is 6.07 Å². The van der Waals surface area contributed by atoms with Crippen molar-refractivity contribution in [3.63, 3.8) is 0 Å². The molecular weight excluding hydrogens is 162 g/mol. The Balaban J connectivity index is 3.10. The number of rotatable bonds is 2. The monoisotopic (exact) mass is 179 g/mol. The lowest BCUT2D eigenvalue weighted by Gasteiger charge is -2.12. The molecule has 1 aromatic carbocycles. The standard InChI is InChI=1S/C11H17NO/c1-7-4-5-11(13)10(9(7)3)6-8(2)12/h4-5,8,13H,6,12H2,1-3H3. The third-order valence-corrected chi connectivity index (χ3v) is 2.37.